The largest absolute Gasteiger partial charge is 0.364 e. The highest BCUT2D eigenvalue weighted by molar-refractivity contribution is 8.07. The average molecular weight is 300 g/mol. The molecule has 0 fully saturated rings. The average Bonchev–Trinajstić information content (AvgIpc) is 2.53. The van der Waals surface area contributed by atoms with Crippen LogP contribution in [0.1, 0.15) is 36.0 Å². The Labute approximate surface area is 127 Å². The molecule has 5 heteroatoms. The van der Waals surface area contributed by atoms with Crippen molar-refractivity contribution in [3.05, 3.63) is 57.1 Å². The first kappa shape index (κ1) is 13.9. The molecule has 3 rings (SSSR count). The van der Waals surface area contributed by atoms with Gasteiger partial charge in [-0.25, -0.2) is 0 Å². The fraction of sp³-hybridized carbons (Fsp3) is 0.250. The van der Waals surface area contributed by atoms with Gasteiger partial charge in [0.15, 0.2) is 0 Å². The molecular weight excluding hydrogens is 284 g/mol. The smallest absolute Gasteiger partial charge is 0.266 e. The van der Waals surface area contributed by atoms with Crippen molar-refractivity contribution in [3.8, 4) is 0 Å². The highest BCUT2D eigenvalue weighted by atomic mass is 32.2. The van der Waals surface area contributed by atoms with Gasteiger partial charge in [-0.3, -0.25) is 9.59 Å². The van der Waals surface area contributed by atoms with Crippen LogP contribution < -0.4 is 11.1 Å². The predicted octanol–water partition coefficient (Wildman–Crippen LogP) is 2.69. The summed E-state index contributed by atoms with van der Waals surface area (Å²) >= 11 is 1.40. The molecular formula is C16H16N2O2S. The fourth-order valence-electron chi connectivity index (χ4n) is 2.56. The normalized spacial score (nSPS) is 18.1. The van der Waals surface area contributed by atoms with Gasteiger partial charge in [0.05, 0.1) is 4.91 Å². The molecule has 108 valence electrons. The molecule has 0 radical (unpaired) electrons. The Morgan fingerprint density at radius 3 is 2.52 bits per heavy atom. The molecule has 1 heterocycles. The van der Waals surface area contributed by atoms with Gasteiger partial charge in [0.1, 0.15) is 5.70 Å². The lowest BCUT2D eigenvalue weighted by Gasteiger charge is -2.27. The van der Waals surface area contributed by atoms with Gasteiger partial charge in [0.2, 0.25) is 5.78 Å². The number of primary amides is 1. The summed E-state index contributed by atoms with van der Waals surface area (Å²) in [5, 5.41) is 3.10. The molecule has 1 aromatic carbocycles. The Morgan fingerprint density at radius 2 is 1.81 bits per heavy atom. The summed E-state index contributed by atoms with van der Waals surface area (Å²) in [5.41, 5.74) is 7.29. The summed E-state index contributed by atoms with van der Waals surface area (Å²) in [6.07, 6.45) is 4.07. The molecule has 0 spiro atoms. The van der Waals surface area contributed by atoms with E-state index < -0.39 is 5.91 Å². The zero-order valence-electron chi connectivity index (χ0n) is 11.5. The zero-order valence-corrected chi connectivity index (χ0v) is 12.3. The van der Waals surface area contributed by atoms with Crippen LogP contribution >= 0.6 is 11.8 Å². The van der Waals surface area contributed by atoms with Crippen LogP contribution in [0.25, 0.3) is 0 Å². The number of nitrogens with one attached hydrogen (secondary N) is 1. The lowest BCUT2D eigenvalue weighted by atomic mass is 10.0. The molecule has 0 unspecified atom stereocenters. The van der Waals surface area contributed by atoms with Crippen LogP contribution in [-0.2, 0) is 4.79 Å². The van der Waals surface area contributed by atoms with Gasteiger partial charge in [-0.15, -0.1) is 0 Å². The number of allylic oxidation sites excluding steroid dienone is 3. The van der Waals surface area contributed by atoms with Crippen molar-refractivity contribution in [3.63, 3.8) is 0 Å². The number of carbonyl (C=O) groups is 2. The van der Waals surface area contributed by atoms with Gasteiger partial charge in [0, 0.05) is 16.2 Å². The van der Waals surface area contributed by atoms with Gasteiger partial charge in [-0.1, -0.05) is 42.1 Å². The molecule has 0 saturated heterocycles. The molecule has 0 saturated carbocycles. The molecule has 1 aliphatic heterocycles. The van der Waals surface area contributed by atoms with Crippen molar-refractivity contribution in [1.29, 1.82) is 0 Å². The zero-order chi connectivity index (χ0) is 14.8. The monoisotopic (exact) mass is 300 g/mol. The summed E-state index contributed by atoms with van der Waals surface area (Å²) in [6.45, 7) is 0. The summed E-state index contributed by atoms with van der Waals surface area (Å²) in [5.74, 6) is -0.738. The van der Waals surface area contributed by atoms with E-state index in [0.29, 0.717) is 10.5 Å². The number of hydrogen-bond donors (Lipinski definition) is 2. The Morgan fingerprint density at radius 1 is 1.10 bits per heavy atom. The summed E-state index contributed by atoms with van der Waals surface area (Å²) in [6, 6.07) is 8.97. The molecule has 1 amide bonds. The number of ketones is 1. The Balaban J connectivity index is 1.97. The molecule has 0 atom stereocenters. The first-order valence-electron chi connectivity index (χ1n) is 6.97. The van der Waals surface area contributed by atoms with Crippen LogP contribution in [0.4, 0.5) is 0 Å². The number of thioether (sulfide) groups is 1. The van der Waals surface area contributed by atoms with Crippen LogP contribution in [0.5, 0.6) is 0 Å². The van der Waals surface area contributed by atoms with Gasteiger partial charge >= 0.3 is 0 Å². The van der Waals surface area contributed by atoms with E-state index in [0.717, 1.165) is 36.3 Å². The molecule has 21 heavy (non-hydrogen) atoms. The quantitative estimate of drug-likeness (QED) is 0.842. The van der Waals surface area contributed by atoms with Crippen molar-refractivity contribution in [1.82, 2.24) is 5.32 Å². The summed E-state index contributed by atoms with van der Waals surface area (Å²) in [4.78, 5) is 25.9. The maximum Gasteiger partial charge on any atom is 0.266 e. The van der Waals surface area contributed by atoms with E-state index in [-0.39, 0.29) is 11.5 Å². The van der Waals surface area contributed by atoms with Crippen molar-refractivity contribution in [2.24, 2.45) is 5.73 Å². The second-order valence-electron chi connectivity index (χ2n) is 5.10. The number of benzene rings is 1. The Bertz CT molecular complexity index is 662. The third kappa shape index (κ3) is 2.74. The minimum absolute atomic E-state index is 0.154. The number of nitrogens with two attached hydrogens (primary N) is 1. The van der Waals surface area contributed by atoms with E-state index in [1.807, 2.05) is 18.2 Å². The van der Waals surface area contributed by atoms with E-state index in [1.54, 1.807) is 12.1 Å². The van der Waals surface area contributed by atoms with Gasteiger partial charge in [0.25, 0.3) is 5.91 Å². The second kappa shape index (κ2) is 5.77. The number of Topliss-reactive ketones (excluding diaryl/α,β-unsaturated/α-hetero) is 1. The number of carbonyl (C=O) groups excluding carboxylic acids is 2. The van der Waals surface area contributed by atoms with Gasteiger partial charge in [-0.2, -0.15) is 0 Å². The SMILES string of the molecule is NC(=O)C1=C(C(=O)c2ccccc2)SC2=C(CCCC2)N1. The summed E-state index contributed by atoms with van der Waals surface area (Å²) < 4.78 is 0. The highest BCUT2D eigenvalue weighted by Gasteiger charge is 2.29. The maximum absolute atomic E-state index is 12.6. The minimum atomic E-state index is -0.584. The van der Waals surface area contributed by atoms with Gasteiger partial charge < -0.3 is 11.1 Å². The first-order chi connectivity index (χ1) is 10.2. The fourth-order valence-corrected chi connectivity index (χ4v) is 3.79. The second-order valence-corrected chi connectivity index (χ2v) is 6.20. The third-order valence-electron chi connectivity index (χ3n) is 3.63. The Hall–Kier alpha value is -2.01. The van der Waals surface area contributed by atoms with Crippen LogP contribution in [0.3, 0.4) is 0 Å². The van der Waals surface area contributed by atoms with Crippen LogP contribution in [-0.4, -0.2) is 11.7 Å². The molecule has 3 N–H and O–H groups in total. The molecule has 0 bridgehead atoms. The highest BCUT2D eigenvalue weighted by Crippen LogP contribution is 2.41. The predicted molar refractivity (Wildman–Crippen MR) is 83.2 cm³/mol. The maximum atomic E-state index is 12.6. The first-order valence-corrected chi connectivity index (χ1v) is 7.79. The lowest BCUT2D eigenvalue weighted by molar-refractivity contribution is -0.114. The van der Waals surface area contributed by atoms with E-state index >= 15 is 0 Å². The van der Waals surface area contributed by atoms with Gasteiger partial charge in [-0.05, 0) is 25.7 Å². The van der Waals surface area contributed by atoms with Crippen LogP contribution in [0.15, 0.2) is 51.5 Å². The Kier molecular flexibility index (Phi) is 3.84. The van der Waals surface area contributed by atoms with E-state index in [2.05, 4.69) is 5.32 Å². The number of hydrogen-bond acceptors (Lipinski definition) is 4. The van der Waals surface area contributed by atoms with E-state index in [4.69, 9.17) is 5.73 Å². The molecule has 1 aromatic rings. The van der Waals surface area contributed by atoms with Crippen molar-refractivity contribution in [2.75, 3.05) is 0 Å². The standard InChI is InChI=1S/C16H16N2O2S/c17-16(20)13-15(14(19)10-6-2-1-3-7-10)21-12-9-5-4-8-11(12)18-13/h1-3,6-7,18H,4-5,8-9H2,(H2,17,20). The molecule has 4 nitrogen and oxygen atoms in total. The van der Waals surface area contributed by atoms with Crippen LogP contribution in [0, 0.1) is 0 Å². The summed E-state index contributed by atoms with van der Waals surface area (Å²) in [7, 11) is 0. The third-order valence-corrected chi connectivity index (χ3v) is 4.92. The molecule has 1 aliphatic carbocycles. The van der Waals surface area contributed by atoms with E-state index in [9.17, 15) is 9.59 Å². The number of rotatable bonds is 3. The number of amides is 1. The topological polar surface area (TPSA) is 72.2 Å². The van der Waals surface area contributed by atoms with Crippen LogP contribution in [0.2, 0.25) is 0 Å². The lowest BCUT2D eigenvalue weighted by Crippen LogP contribution is -2.32. The van der Waals surface area contributed by atoms with E-state index in [1.165, 1.54) is 11.8 Å². The molecule has 2 aliphatic rings. The van der Waals surface area contributed by atoms with Crippen molar-refractivity contribution >= 4 is 23.5 Å². The molecule has 0 aromatic heterocycles. The van der Waals surface area contributed by atoms with Crippen molar-refractivity contribution < 1.29 is 9.59 Å². The minimum Gasteiger partial charge on any atom is -0.364 e. The van der Waals surface area contributed by atoms with Crippen molar-refractivity contribution in [2.45, 2.75) is 25.7 Å².